The fraction of sp³-hybridized carbons (Fsp3) is 0.857. The van der Waals surface area contributed by atoms with Crippen LogP contribution in [0.15, 0.2) is 23.9 Å². The second kappa shape index (κ2) is 11.5. The Labute approximate surface area is 203 Å². The summed E-state index contributed by atoms with van der Waals surface area (Å²) in [5, 5.41) is 13.6. The molecule has 188 valence electrons. The zero-order valence-corrected chi connectivity index (χ0v) is 25.6. The zero-order chi connectivity index (χ0) is 25.1. The highest BCUT2D eigenvalue weighted by molar-refractivity contribution is 6.82. The van der Waals surface area contributed by atoms with Gasteiger partial charge in [-0.2, -0.15) is 0 Å². The van der Waals surface area contributed by atoms with Crippen LogP contribution in [0.5, 0.6) is 0 Å². The molecule has 0 spiro atoms. The first-order valence-corrected chi connectivity index (χ1v) is 18.9. The standard InChI is InChI=1S/C28H56O2Si2/c1-14-28(29)26(18-16-25(10)31(11,12)13)23(8)15-17-27(28)24(9)19-30-32(20(2)3,21(4)5)22(6)7/h14,16,20-24,26-27,29H,1,15,17-19H2,2-13H3/b25-16+/t23-,24+,26+,27+,28+/m1/s1. The van der Waals surface area contributed by atoms with E-state index in [1.807, 2.05) is 6.08 Å². The molecule has 4 heteroatoms. The summed E-state index contributed by atoms with van der Waals surface area (Å²) in [7, 11) is -3.19. The highest BCUT2D eigenvalue weighted by Gasteiger charge is 2.50. The predicted molar refractivity (Wildman–Crippen MR) is 148 cm³/mol. The lowest BCUT2D eigenvalue weighted by molar-refractivity contribution is -0.0979. The van der Waals surface area contributed by atoms with E-state index >= 15 is 0 Å². The molecular weight excluding hydrogens is 424 g/mol. The van der Waals surface area contributed by atoms with Crippen LogP contribution in [0.2, 0.25) is 36.3 Å². The number of rotatable bonds is 11. The van der Waals surface area contributed by atoms with Crippen molar-refractivity contribution in [2.45, 2.75) is 123 Å². The van der Waals surface area contributed by atoms with E-state index in [9.17, 15) is 5.11 Å². The van der Waals surface area contributed by atoms with Crippen LogP contribution in [-0.2, 0) is 4.43 Å². The van der Waals surface area contributed by atoms with Crippen LogP contribution in [0.4, 0.5) is 0 Å². The van der Waals surface area contributed by atoms with Gasteiger partial charge in [0.05, 0.1) is 13.7 Å². The zero-order valence-electron chi connectivity index (χ0n) is 23.6. The van der Waals surface area contributed by atoms with E-state index in [0.717, 1.165) is 19.4 Å². The van der Waals surface area contributed by atoms with Gasteiger partial charge in [-0.1, -0.05) is 92.4 Å². The van der Waals surface area contributed by atoms with Gasteiger partial charge in [0.25, 0.3) is 0 Å². The fourth-order valence-electron chi connectivity index (χ4n) is 6.57. The Morgan fingerprint density at radius 3 is 1.94 bits per heavy atom. The lowest BCUT2D eigenvalue weighted by Gasteiger charge is -2.50. The van der Waals surface area contributed by atoms with Gasteiger partial charge in [0.15, 0.2) is 8.32 Å². The number of aliphatic hydroxyl groups is 1. The molecule has 0 bridgehead atoms. The third-order valence-electron chi connectivity index (χ3n) is 8.99. The van der Waals surface area contributed by atoms with Crippen molar-refractivity contribution in [2.24, 2.45) is 23.7 Å². The third-order valence-corrected chi connectivity index (χ3v) is 17.6. The van der Waals surface area contributed by atoms with Crippen LogP contribution in [0.3, 0.4) is 0 Å². The molecule has 2 nitrogen and oxygen atoms in total. The number of hydrogen-bond acceptors (Lipinski definition) is 2. The molecule has 1 fully saturated rings. The molecule has 0 aromatic heterocycles. The molecule has 1 rings (SSSR count). The van der Waals surface area contributed by atoms with Crippen molar-refractivity contribution in [3.8, 4) is 0 Å². The Balaban J connectivity index is 3.14. The summed E-state index contributed by atoms with van der Waals surface area (Å²) in [6.45, 7) is 33.1. The van der Waals surface area contributed by atoms with Crippen LogP contribution in [0.1, 0.15) is 81.6 Å². The summed E-state index contributed by atoms with van der Waals surface area (Å²) < 4.78 is 6.96. The van der Waals surface area contributed by atoms with Crippen LogP contribution in [0, 0.1) is 23.7 Å². The average molecular weight is 481 g/mol. The number of allylic oxidation sites excluding steroid dienone is 2. The highest BCUT2D eigenvalue weighted by Crippen LogP contribution is 2.49. The fourth-order valence-corrected chi connectivity index (χ4v) is 12.9. The lowest BCUT2D eigenvalue weighted by atomic mass is 9.60. The molecule has 1 aliphatic carbocycles. The Kier molecular flexibility index (Phi) is 10.7. The smallest absolute Gasteiger partial charge is 0.200 e. The van der Waals surface area contributed by atoms with E-state index in [4.69, 9.17) is 4.43 Å². The van der Waals surface area contributed by atoms with Crippen molar-refractivity contribution in [1.82, 2.24) is 0 Å². The van der Waals surface area contributed by atoms with Gasteiger partial charge in [0.2, 0.25) is 0 Å². The molecule has 0 aliphatic heterocycles. The first-order chi connectivity index (χ1) is 14.6. The molecular formula is C28H56O2Si2. The molecule has 0 aromatic carbocycles. The molecule has 1 N–H and O–H groups in total. The van der Waals surface area contributed by atoms with Crippen LogP contribution in [0.25, 0.3) is 0 Å². The number of hydrogen-bond donors (Lipinski definition) is 1. The molecule has 0 amide bonds. The van der Waals surface area contributed by atoms with E-state index in [-0.39, 0.29) is 11.8 Å². The van der Waals surface area contributed by atoms with Gasteiger partial charge >= 0.3 is 0 Å². The SMILES string of the molecule is C=C[C@]1(O)[C@@H](C/C=C(\C)[Si](C)(C)C)[C@H](C)CC[C@H]1[C@@H](C)CO[Si](C(C)C)(C(C)C)C(C)C. The van der Waals surface area contributed by atoms with E-state index in [1.165, 1.54) is 11.6 Å². The monoisotopic (exact) mass is 480 g/mol. The quantitative estimate of drug-likeness (QED) is 0.237. The van der Waals surface area contributed by atoms with E-state index < -0.39 is 22.0 Å². The van der Waals surface area contributed by atoms with Gasteiger partial charge in [-0.15, -0.1) is 6.58 Å². The van der Waals surface area contributed by atoms with Crippen molar-refractivity contribution in [2.75, 3.05) is 6.61 Å². The average Bonchev–Trinajstić information content (AvgIpc) is 2.66. The summed E-state index contributed by atoms with van der Waals surface area (Å²) in [5.41, 5.74) is 0.930. The van der Waals surface area contributed by atoms with Crippen molar-refractivity contribution >= 4 is 16.4 Å². The second-order valence-corrected chi connectivity index (χ2v) is 23.6. The van der Waals surface area contributed by atoms with E-state index in [0.29, 0.717) is 28.5 Å². The largest absolute Gasteiger partial charge is 0.416 e. The summed E-state index contributed by atoms with van der Waals surface area (Å²) in [4.78, 5) is 0. The molecule has 1 saturated carbocycles. The van der Waals surface area contributed by atoms with Crippen molar-refractivity contribution in [1.29, 1.82) is 0 Å². The van der Waals surface area contributed by atoms with Gasteiger partial charge in [0.1, 0.15) is 0 Å². The molecule has 32 heavy (non-hydrogen) atoms. The molecule has 0 unspecified atom stereocenters. The molecule has 0 saturated heterocycles. The van der Waals surface area contributed by atoms with Gasteiger partial charge < -0.3 is 9.53 Å². The minimum absolute atomic E-state index is 0.208. The second-order valence-electron chi connectivity index (χ2n) is 12.8. The van der Waals surface area contributed by atoms with Gasteiger partial charge in [-0.05, 0) is 66.5 Å². The third kappa shape index (κ3) is 6.28. The van der Waals surface area contributed by atoms with E-state index in [1.54, 1.807) is 0 Å². The Hall–Kier alpha value is -0.166. The lowest BCUT2D eigenvalue weighted by Crippen LogP contribution is -2.54. The van der Waals surface area contributed by atoms with Gasteiger partial charge in [0, 0.05) is 6.61 Å². The maximum absolute atomic E-state index is 12.0. The van der Waals surface area contributed by atoms with Crippen LogP contribution < -0.4 is 0 Å². The Bertz CT molecular complexity index is 610. The minimum atomic E-state index is -1.90. The van der Waals surface area contributed by atoms with Crippen molar-refractivity contribution in [3.63, 3.8) is 0 Å². The maximum Gasteiger partial charge on any atom is 0.200 e. The van der Waals surface area contributed by atoms with E-state index in [2.05, 4.69) is 94.6 Å². The maximum atomic E-state index is 12.0. The first kappa shape index (κ1) is 29.9. The Morgan fingerprint density at radius 2 is 1.53 bits per heavy atom. The summed E-state index contributed by atoms with van der Waals surface area (Å²) in [5.74, 6) is 1.26. The molecule has 0 radical (unpaired) electrons. The molecule has 0 heterocycles. The normalized spacial score (nSPS) is 29.1. The molecule has 5 atom stereocenters. The molecule has 0 aromatic rings. The topological polar surface area (TPSA) is 29.5 Å². The highest BCUT2D eigenvalue weighted by atomic mass is 28.4. The van der Waals surface area contributed by atoms with Gasteiger partial charge in [-0.3, -0.25) is 0 Å². The summed E-state index contributed by atoms with van der Waals surface area (Å²) in [6, 6.07) is 0. The summed E-state index contributed by atoms with van der Waals surface area (Å²) in [6.07, 6.45) is 7.49. The molecule has 1 aliphatic rings. The minimum Gasteiger partial charge on any atom is -0.416 e. The van der Waals surface area contributed by atoms with Crippen molar-refractivity contribution in [3.05, 3.63) is 23.9 Å². The predicted octanol–water partition coefficient (Wildman–Crippen LogP) is 8.61. The Morgan fingerprint density at radius 1 is 1.03 bits per heavy atom. The van der Waals surface area contributed by atoms with Crippen molar-refractivity contribution < 1.29 is 9.53 Å². The first-order valence-electron chi connectivity index (χ1n) is 13.2. The van der Waals surface area contributed by atoms with Crippen LogP contribution in [-0.4, -0.2) is 33.7 Å². The van der Waals surface area contributed by atoms with Gasteiger partial charge in [-0.25, -0.2) is 0 Å². The van der Waals surface area contributed by atoms with Crippen LogP contribution >= 0.6 is 0 Å². The summed E-state index contributed by atoms with van der Waals surface area (Å²) >= 11 is 0.